The Morgan fingerprint density at radius 1 is 1.00 bits per heavy atom. The Hall–Kier alpha value is -1.63. The Morgan fingerprint density at radius 3 is 2.39 bits per heavy atom. The molecule has 0 unspecified atom stereocenters. The van der Waals surface area contributed by atoms with Gasteiger partial charge in [0.15, 0.2) is 5.69 Å². The summed E-state index contributed by atoms with van der Waals surface area (Å²) in [7, 11) is 2.17. The Balaban J connectivity index is 2.49. The van der Waals surface area contributed by atoms with Gasteiger partial charge in [-0.2, -0.15) is 4.57 Å². The van der Waals surface area contributed by atoms with Crippen molar-refractivity contribution in [2.45, 2.75) is 27.2 Å². The first kappa shape index (κ1) is 12.8. The average Bonchev–Trinajstić information content (AvgIpc) is 2.32. The molecule has 0 radical (unpaired) electrons. The van der Waals surface area contributed by atoms with Crippen molar-refractivity contribution < 1.29 is 4.57 Å². The standard InChI is InChI=1S/C17H22N/c1-13(2)12-15-9-7-11-17(18(15)4)16-10-6-5-8-14(16)3/h5-11,13H,12H2,1-4H3/q+1. The summed E-state index contributed by atoms with van der Waals surface area (Å²) >= 11 is 0. The van der Waals surface area contributed by atoms with E-state index in [1.165, 1.54) is 22.5 Å². The van der Waals surface area contributed by atoms with Crippen LogP contribution in [0.5, 0.6) is 0 Å². The molecule has 1 heterocycles. The summed E-state index contributed by atoms with van der Waals surface area (Å²) < 4.78 is 2.32. The van der Waals surface area contributed by atoms with E-state index in [1.54, 1.807) is 0 Å². The van der Waals surface area contributed by atoms with Crippen LogP contribution in [0.3, 0.4) is 0 Å². The number of hydrogen-bond donors (Lipinski definition) is 0. The minimum atomic E-state index is 0.684. The van der Waals surface area contributed by atoms with E-state index in [1.807, 2.05) is 0 Å². The second-order valence-corrected chi connectivity index (χ2v) is 5.37. The van der Waals surface area contributed by atoms with Gasteiger partial charge in [-0.15, -0.1) is 0 Å². The molecule has 2 aromatic rings. The number of hydrogen-bond acceptors (Lipinski definition) is 0. The van der Waals surface area contributed by atoms with Crippen LogP contribution < -0.4 is 4.57 Å². The van der Waals surface area contributed by atoms with Gasteiger partial charge < -0.3 is 0 Å². The highest BCUT2D eigenvalue weighted by molar-refractivity contribution is 5.60. The number of pyridine rings is 1. The number of aryl methyl sites for hydroxylation is 1. The second kappa shape index (κ2) is 5.34. The van der Waals surface area contributed by atoms with Crippen LogP contribution >= 0.6 is 0 Å². The SMILES string of the molecule is Cc1ccccc1-c1cccc(CC(C)C)[n+]1C. The molecule has 1 aromatic heterocycles. The van der Waals surface area contributed by atoms with Crippen LogP contribution in [0.1, 0.15) is 25.1 Å². The van der Waals surface area contributed by atoms with Gasteiger partial charge in [0.2, 0.25) is 5.69 Å². The number of nitrogens with zero attached hydrogens (tertiary/aromatic N) is 1. The van der Waals surface area contributed by atoms with Crippen molar-refractivity contribution in [3.8, 4) is 11.3 Å². The molecular formula is C17H22N+. The molecule has 0 saturated carbocycles. The molecule has 0 saturated heterocycles. The maximum atomic E-state index is 2.32. The van der Waals surface area contributed by atoms with Crippen LogP contribution in [0.25, 0.3) is 11.3 Å². The van der Waals surface area contributed by atoms with Gasteiger partial charge in [0.05, 0.1) is 0 Å². The largest absolute Gasteiger partial charge is 0.212 e. The molecule has 1 aromatic carbocycles. The molecule has 0 aliphatic heterocycles. The van der Waals surface area contributed by atoms with Gasteiger partial charge in [0.25, 0.3) is 0 Å². The average molecular weight is 240 g/mol. The van der Waals surface area contributed by atoms with Crippen molar-refractivity contribution in [2.75, 3.05) is 0 Å². The van der Waals surface area contributed by atoms with Crippen molar-refractivity contribution in [1.82, 2.24) is 0 Å². The van der Waals surface area contributed by atoms with Gasteiger partial charge in [-0.3, -0.25) is 0 Å². The van der Waals surface area contributed by atoms with Crippen molar-refractivity contribution in [3.05, 3.63) is 53.7 Å². The van der Waals surface area contributed by atoms with Crippen LogP contribution in [0, 0.1) is 12.8 Å². The molecule has 0 bridgehead atoms. The molecule has 18 heavy (non-hydrogen) atoms. The van der Waals surface area contributed by atoms with Crippen molar-refractivity contribution >= 4 is 0 Å². The minimum Gasteiger partial charge on any atom is -0.198 e. The van der Waals surface area contributed by atoms with Gasteiger partial charge in [-0.25, -0.2) is 0 Å². The zero-order valence-electron chi connectivity index (χ0n) is 11.8. The van der Waals surface area contributed by atoms with Gasteiger partial charge >= 0.3 is 0 Å². The summed E-state index contributed by atoms with van der Waals surface area (Å²) in [6, 6.07) is 15.2. The monoisotopic (exact) mass is 240 g/mol. The summed E-state index contributed by atoms with van der Waals surface area (Å²) in [5.41, 5.74) is 5.34. The predicted molar refractivity (Wildman–Crippen MR) is 76.3 cm³/mol. The van der Waals surface area contributed by atoms with Crippen molar-refractivity contribution in [2.24, 2.45) is 13.0 Å². The Labute approximate surface area is 110 Å². The quantitative estimate of drug-likeness (QED) is 0.720. The highest BCUT2D eigenvalue weighted by Crippen LogP contribution is 2.20. The second-order valence-electron chi connectivity index (χ2n) is 5.37. The first-order valence-electron chi connectivity index (χ1n) is 6.63. The Morgan fingerprint density at radius 2 is 1.72 bits per heavy atom. The number of benzene rings is 1. The summed E-state index contributed by atoms with van der Waals surface area (Å²) in [4.78, 5) is 0. The van der Waals surface area contributed by atoms with E-state index in [2.05, 4.69) is 74.9 Å². The van der Waals surface area contributed by atoms with Crippen LogP contribution in [-0.2, 0) is 13.5 Å². The molecule has 0 amide bonds. The van der Waals surface area contributed by atoms with E-state index in [0.29, 0.717) is 5.92 Å². The van der Waals surface area contributed by atoms with Crippen molar-refractivity contribution in [1.29, 1.82) is 0 Å². The summed E-state index contributed by atoms with van der Waals surface area (Å²) in [6.07, 6.45) is 1.12. The van der Waals surface area contributed by atoms with E-state index in [0.717, 1.165) is 6.42 Å². The van der Waals surface area contributed by atoms with Crippen LogP contribution in [0.4, 0.5) is 0 Å². The summed E-state index contributed by atoms with van der Waals surface area (Å²) in [5.74, 6) is 0.684. The van der Waals surface area contributed by atoms with Crippen LogP contribution in [0.15, 0.2) is 42.5 Å². The molecule has 1 nitrogen and oxygen atoms in total. The maximum absolute atomic E-state index is 2.32. The number of rotatable bonds is 3. The molecule has 2 rings (SSSR count). The lowest BCUT2D eigenvalue weighted by molar-refractivity contribution is -0.668. The van der Waals surface area contributed by atoms with E-state index in [4.69, 9.17) is 0 Å². The maximum Gasteiger partial charge on any atom is 0.212 e. The normalized spacial score (nSPS) is 10.9. The van der Waals surface area contributed by atoms with E-state index in [9.17, 15) is 0 Å². The van der Waals surface area contributed by atoms with Gasteiger partial charge in [0, 0.05) is 24.1 Å². The topological polar surface area (TPSA) is 3.88 Å². The van der Waals surface area contributed by atoms with E-state index >= 15 is 0 Å². The van der Waals surface area contributed by atoms with Crippen LogP contribution in [-0.4, -0.2) is 0 Å². The van der Waals surface area contributed by atoms with Crippen LogP contribution in [0.2, 0.25) is 0 Å². The third-order valence-corrected chi connectivity index (χ3v) is 3.37. The lowest BCUT2D eigenvalue weighted by Gasteiger charge is -2.08. The molecule has 0 fully saturated rings. The third kappa shape index (κ3) is 2.61. The highest BCUT2D eigenvalue weighted by Gasteiger charge is 2.16. The molecule has 0 spiro atoms. The van der Waals surface area contributed by atoms with Gasteiger partial charge in [-0.05, 0) is 30.5 Å². The first-order valence-corrected chi connectivity index (χ1v) is 6.63. The van der Waals surface area contributed by atoms with Gasteiger partial charge in [-0.1, -0.05) is 32.0 Å². The highest BCUT2D eigenvalue weighted by atomic mass is 14.9. The molecule has 0 atom stereocenters. The molecule has 0 N–H and O–H groups in total. The molecule has 0 aliphatic carbocycles. The number of aromatic nitrogens is 1. The van der Waals surface area contributed by atoms with Gasteiger partial charge in [0.1, 0.15) is 7.05 Å². The predicted octanol–water partition coefficient (Wildman–Crippen LogP) is 3.69. The molecular weight excluding hydrogens is 218 g/mol. The Kier molecular flexibility index (Phi) is 3.81. The lowest BCUT2D eigenvalue weighted by Crippen LogP contribution is -2.36. The van der Waals surface area contributed by atoms with E-state index in [-0.39, 0.29) is 0 Å². The fourth-order valence-corrected chi connectivity index (χ4v) is 2.38. The fraction of sp³-hybridized carbons (Fsp3) is 0.353. The van der Waals surface area contributed by atoms with E-state index < -0.39 is 0 Å². The third-order valence-electron chi connectivity index (χ3n) is 3.37. The van der Waals surface area contributed by atoms with Crippen molar-refractivity contribution in [3.63, 3.8) is 0 Å². The lowest BCUT2D eigenvalue weighted by atomic mass is 10.0. The zero-order valence-corrected chi connectivity index (χ0v) is 11.8. The minimum absolute atomic E-state index is 0.684. The first-order chi connectivity index (χ1) is 8.59. The smallest absolute Gasteiger partial charge is 0.198 e. The zero-order chi connectivity index (χ0) is 13.1. The fourth-order valence-electron chi connectivity index (χ4n) is 2.38. The summed E-state index contributed by atoms with van der Waals surface area (Å²) in [6.45, 7) is 6.70. The molecule has 0 aliphatic rings. The Bertz CT molecular complexity index is 541. The molecule has 1 heteroatoms. The molecule has 94 valence electrons. The summed E-state index contributed by atoms with van der Waals surface area (Å²) in [5, 5.41) is 0.